The van der Waals surface area contributed by atoms with Gasteiger partial charge in [0.1, 0.15) is 5.78 Å². The van der Waals surface area contributed by atoms with E-state index >= 15 is 0 Å². The largest absolute Gasteiger partial charge is 0.300 e. The Morgan fingerprint density at radius 1 is 1.43 bits per heavy atom. The zero-order valence-corrected chi connectivity index (χ0v) is 9.17. The molecule has 80 valence electrons. The van der Waals surface area contributed by atoms with Gasteiger partial charge in [-0.3, -0.25) is 9.69 Å². The molecule has 0 aromatic carbocycles. The van der Waals surface area contributed by atoms with Gasteiger partial charge >= 0.3 is 0 Å². The van der Waals surface area contributed by atoms with E-state index in [1.54, 1.807) is 0 Å². The number of hydrogen-bond acceptors (Lipinski definition) is 2. The Hall–Kier alpha value is -0.370. The molecule has 2 rings (SSSR count). The lowest BCUT2D eigenvalue weighted by Crippen LogP contribution is -2.48. The van der Waals surface area contributed by atoms with Gasteiger partial charge in [0.05, 0.1) is 0 Å². The molecule has 2 nitrogen and oxygen atoms in total. The number of ketones is 1. The lowest BCUT2D eigenvalue weighted by molar-refractivity contribution is -0.124. The minimum absolute atomic E-state index is 0.495. The van der Waals surface area contributed by atoms with E-state index in [2.05, 4.69) is 11.8 Å². The maximum absolute atomic E-state index is 11.4. The van der Waals surface area contributed by atoms with Crippen LogP contribution in [0.15, 0.2) is 0 Å². The SMILES string of the molecule is CCCN1CCCC2CCC(=O)CC21. The van der Waals surface area contributed by atoms with Gasteiger partial charge in [-0.15, -0.1) is 0 Å². The third-order valence-electron chi connectivity index (χ3n) is 3.78. The average Bonchev–Trinajstić information content (AvgIpc) is 2.19. The molecule has 2 heteroatoms. The Morgan fingerprint density at radius 3 is 3.07 bits per heavy atom. The van der Waals surface area contributed by atoms with Crippen LogP contribution >= 0.6 is 0 Å². The Bertz CT molecular complexity index is 212. The van der Waals surface area contributed by atoms with Crippen molar-refractivity contribution in [3.63, 3.8) is 0 Å². The van der Waals surface area contributed by atoms with E-state index in [1.807, 2.05) is 0 Å². The molecule has 2 unspecified atom stereocenters. The first kappa shape index (κ1) is 10.2. The van der Waals surface area contributed by atoms with E-state index < -0.39 is 0 Å². The van der Waals surface area contributed by atoms with Gasteiger partial charge < -0.3 is 0 Å². The summed E-state index contributed by atoms with van der Waals surface area (Å²) in [5.41, 5.74) is 0. The highest BCUT2D eigenvalue weighted by Crippen LogP contribution is 2.33. The highest BCUT2D eigenvalue weighted by Gasteiger charge is 2.35. The fourth-order valence-corrected chi connectivity index (χ4v) is 3.09. The molecule has 1 saturated heterocycles. The fraction of sp³-hybridized carbons (Fsp3) is 0.917. The van der Waals surface area contributed by atoms with Gasteiger partial charge in [-0.25, -0.2) is 0 Å². The molecule has 0 radical (unpaired) electrons. The van der Waals surface area contributed by atoms with Crippen LogP contribution in [0.25, 0.3) is 0 Å². The lowest BCUT2D eigenvalue weighted by Gasteiger charge is -2.43. The predicted octanol–water partition coefficient (Wildman–Crippen LogP) is 2.23. The van der Waals surface area contributed by atoms with Crippen molar-refractivity contribution >= 4 is 5.78 Å². The van der Waals surface area contributed by atoms with Crippen molar-refractivity contribution in [2.45, 2.75) is 51.5 Å². The molecule has 14 heavy (non-hydrogen) atoms. The predicted molar refractivity (Wildman–Crippen MR) is 57.2 cm³/mol. The summed E-state index contributed by atoms with van der Waals surface area (Å²) in [6.45, 7) is 4.64. The van der Waals surface area contributed by atoms with Gasteiger partial charge in [0, 0.05) is 18.9 Å². The van der Waals surface area contributed by atoms with Crippen molar-refractivity contribution in [2.24, 2.45) is 5.92 Å². The molecule has 2 aliphatic rings. The van der Waals surface area contributed by atoms with Crippen LogP contribution in [0.3, 0.4) is 0 Å². The number of likely N-dealkylation sites (tertiary alicyclic amines) is 1. The van der Waals surface area contributed by atoms with E-state index in [9.17, 15) is 4.79 Å². The van der Waals surface area contributed by atoms with Crippen molar-refractivity contribution in [3.8, 4) is 0 Å². The first-order valence-corrected chi connectivity index (χ1v) is 6.07. The normalized spacial score (nSPS) is 34.2. The number of hydrogen-bond donors (Lipinski definition) is 0. The van der Waals surface area contributed by atoms with E-state index in [0.717, 1.165) is 25.2 Å². The quantitative estimate of drug-likeness (QED) is 0.673. The van der Waals surface area contributed by atoms with Crippen LogP contribution in [0.1, 0.15) is 45.4 Å². The summed E-state index contributed by atoms with van der Waals surface area (Å²) in [6.07, 6.45) is 6.76. The molecular weight excluding hydrogens is 174 g/mol. The summed E-state index contributed by atoms with van der Waals surface area (Å²) < 4.78 is 0. The molecule has 0 N–H and O–H groups in total. The molecule has 1 heterocycles. The second-order valence-corrected chi connectivity index (χ2v) is 4.79. The summed E-state index contributed by atoms with van der Waals surface area (Å²) in [6, 6.07) is 0.602. The topological polar surface area (TPSA) is 20.3 Å². The number of piperidine rings is 1. The number of rotatable bonds is 2. The van der Waals surface area contributed by atoms with Gasteiger partial charge in [-0.05, 0) is 44.7 Å². The van der Waals surface area contributed by atoms with Crippen molar-refractivity contribution in [1.29, 1.82) is 0 Å². The van der Waals surface area contributed by atoms with Crippen LogP contribution in [-0.2, 0) is 4.79 Å². The minimum atomic E-state index is 0.495. The van der Waals surface area contributed by atoms with Gasteiger partial charge in [-0.1, -0.05) is 6.92 Å². The number of fused-ring (bicyclic) bond motifs is 1. The maximum atomic E-state index is 11.4. The molecule has 1 aliphatic heterocycles. The number of carbonyl (C=O) groups is 1. The van der Waals surface area contributed by atoms with E-state index in [1.165, 1.54) is 32.4 Å². The van der Waals surface area contributed by atoms with Crippen LogP contribution in [0.2, 0.25) is 0 Å². The third kappa shape index (κ3) is 2.00. The summed E-state index contributed by atoms with van der Waals surface area (Å²) in [5.74, 6) is 1.32. The number of carbonyl (C=O) groups excluding carboxylic acids is 1. The van der Waals surface area contributed by atoms with E-state index in [0.29, 0.717) is 11.8 Å². The number of nitrogens with zero attached hydrogens (tertiary/aromatic N) is 1. The smallest absolute Gasteiger partial charge is 0.134 e. The molecule has 0 amide bonds. The van der Waals surface area contributed by atoms with Gasteiger partial charge in [-0.2, -0.15) is 0 Å². The van der Waals surface area contributed by atoms with Gasteiger partial charge in [0.15, 0.2) is 0 Å². The third-order valence-corrected chi connectivity index (χ3v) is 3.78. The molecule has 0 aromatic rings. The maximum Gasteiger partial charge on any atom is 0.134 e. The minimum Gasteiger partial charge on any atom is -0.300 e. The Morgan fingerprint density at radius 2 is 2.29 bits per heavy atom. The zero-order chi connectivity index (χ0) is 9.97. The fourth-order valence-electron chi connectivity index (χ4n) is 3.09. The van der Waals surface area contributed by atoms with Crippen LogP contribution in [0, 0.1) is 5.92 Å². The van der Waals surface area contributed by atoms with Crippen LogP contribution in [-0.4, -0.2) is 29.8 Å². The molecule has 1 saturated carbocycles. The highest BCUT2D eigenvalue weighted by atomic mass is 16.1. The molecular formula is C12H21NO. The average molecular weight is 195 g/mol. The van der Waals surface area contributed by atoms with Crippen LogP contribution < -0.4 is 0 Å². The zero-order valence-electron chi connectivity index (χ0n) is 9.17. The summed E-state index contributed by atoms with van der Waals surface area (Å²) in [5, 5.41) is 0. The highest BCUT2D eigenvalue weighted by molar-refractivity contribution is 5.79. The Kier molecular flexibility index (Phi) is 3.22. The molecule has 1 aliphatic carbocycles. The molecule has 0 bridgehead atoms. The first-order valence-electron chi connectivity index (χ1n) is 6.07. The summed E-state index contributed by atoms with van der Waals surface area (Å²) in [4.78, 5) is 14.0. The van der Waals surface area contributed by atoms with Crippen molar-refractivity contribution < 1.29 is 4.79 Å². The molecule has 2 atom stereocenters. The van der Waals surface area contributed by atoms with Gasteiger partial charge in [0.2, 0.25) is 0 Å². The monoisotopic (exact) mass is 195 g/mol. The second-order valence-electron chi connectivity index (χ2n) is 4.79. The Balaban J connectivity index is 2.00. The molecule has 2 fully saturated rings. The van der Waals surface area contributed by atoms with Crippen molar-refractivity contribution in [2.75, 3.05) is 13.1 Å². The lowest BCUT2D eigenvalue weighted by atomic mass is 9.78. The van der Waals surface area contributed by atoms with Crippen LogP contribution in [0.5, 0.6) is 0 Å². The van der Waals surface area contributed by atoms with Crippen molar-refractivity contribution in [1.82, 2.24) is 4.90 Å². The molecule has 0 aromatic heterocycles. The standard InChI is InChI=1S/C12H21NO/c1-2-7-13-8-3-4-10-5-6-11(14)9-12(10)13/h10,12H,2-9H2,1H3. The van der Waals surface area contributed by atoms with E-state index in [4.69, 9.17) is 0 Å². The van der Waals surface area contributed by atoms with Gasteiger partial charge in [0.25, 0.3) is 0 Å². The van der Waals surface area contributed by atoms with Crippen LogP contribution in [0.4, 0.5) is 0 Å². The first-order chi connectivity index (χ1) is 6.81. The second kappa shape index (κ2) is 4.43. The summed E-state index contributed by atoms with van der Waals surface area (Å²) in [7, 11) is 0. The number of Topliss-reactive ketones (excluding diaryl/α,β-unsaturated/α-hetero) is 1. The molecule has 0 spiro atoms. The van der Waals surface area contributed by atoms with Crippen molar-refractivity contribution in [3.05, 3.63) is 0 Å². The Labute approximate surface area is 86.7 Å². The van der Waals surface area contributed by atoms with E-state index in [-0.39, 0.29) is 0 Å². The summed E-state index contributed by atoms with van der Waals surface area (Å²) >= 11 is 0.